The number of nitrogens with zero attached hydrogens (tertiary/aromatic N) is 5. The monoisotopic (exact) mass is 543 g/mol. The Morgan fingerprint density at radius 2 is 1.56 bits per heavy atom. The van der Waals surface area contributed by atoms with E-state index < -0.39 is 10.2 Å². The fourth-order valence-electron chi connectivity index (χ4n) is 4.56. The molecule has 5 rings (SSSR count). The highest BCUT2D eigenvalue weighted by atomic mass is 32.2. The lowest BCUT2D eigenvalue weighted by Gasteiger charge is -2.21. The van der Waals surface area contributed by atoms with Crippen LogP contribution < -0.4 is 9.47 Å². The summed E-state index contributed by atoms with van der Waals surface area (Å²) < 4.78 is 39.5. The number of fused-ring (bicyclic) bond motifs is 1. The van der Waals surface area contributed by atoms with Gasteiger partial charge in [-0.15, -0.1) is 0 Å². The Morgan fingerprint density at radius 1 is 0.846 bits per heavy atom. The smallest absolute Gasteiger partial charge is 0.308 e. The van der Waals surface area contributed by atoms with E-state index >= 15 is 0 Å². The summed E-state index contributed by atoms with van der Waals surface area (Å²) in [6.07, 6.45) is 8.66. The third-order valence-corrected chi connectivity index (χ3v) is 8.43. The van der Waals surface area contributed by atoms with Gasteiger partial charge in [0.15, 0.2) is 0 Å². The van der Waals surface area contributed by atoms with Crippen LogP contribution >= 0.6 is 0 Å². The quantitative estimate of drug-likeness (QED) is 0.269. The normalized spacial score (nSPS) is 12.5. The summed E-state index contributed by atoms with van der Waals surface area (Å²) in [4.78, 5) is 13.2. The van der Waals surface area contributed by atoms with Crippen molar-refractivity contribution in [3.8, 4) is 22.6 Å². The van der Waals surface area contributed by atoms with Crippen molar-refractivity contribution in [3.63, 3.8) is 0 Å². The van der Waals surface area contributed by atoms with Crippen molar-refractivity contribution in [2.75, 3.05) is 28.3 Å². The average Bonchev–Trinajstić information content (AvgIpc) is 3.44. The number of ether oxygens (including phenoxy) is 2. The predicted molar refractivity (Wildman–Crippen MR) is 150 cm³/mol. The zero-order chi connectivity index (χ0) is 27.6. The Balaban J connectivity index is 1.65. The maximum absolute atomic E-state index is 13.0. The standard InChI is InChI=1S/C29H29N5O4S/c1-33(2)39(35,36)34-12-11-31-29(34)18-27(22-15-25(37-3)17-26(16-22)38-4)21-5-6-28-23(13-21)14-24(19-32-28)20-7-9-30-10-8-20/h5-17,19,27H,18H2,1-4H3. The SMILES string of the molecule is COc1cc(OC)cc(C(Cc2nccn2S(=O)(=O)N(C)C)c2ccc3ncc(-c4ccncc4)cc3c2)c1. The Hall–Kier alpha value is -4.28. The van der Waals surface area contributed by atoms with Crippen molar-refractivity contribution in [1.29, 1.82) is 0 Å². The molecule has 0 aliphatic heterocycles. The van der Waals surface area contributed by atoms with Gasteiger partial charge in [-0.1, -0.05) is 6.07 Å². The first-order valence-corrected chi connectivity index (χ1v) is 13.7. The lowest BCUT2D eigenvalue weighted by molar-refractivity contribution is 0.393. The minimum atomic E-state index is -3.75. The number of rotatable bonds is 9. The summed E-state index contributed by atoms with van der Waals surface area (Å²) in [6.45, 7) is 0. The van der Waals surface area contributed by atoms with Gasteiger partial charge >= 0.3 is 10.2 Å². The van der Waals surface area contributed by atoms with E-state index in [-0.39, 0.29) is 5.92 Å². The van der Waals surface area contributed by atoms with Crippen LogP contribution in [0.25, 0.3) is 22.0 Å². The highest BCUT2D eigenvalue weighted by Gasteiger charge is 2.25. The molecule has 1 unspecified atom stereocenters. The molecule has 200 valence electrons. The van der Waals surface area contributed by atoms with Crippen LogP contribution in [0, 0.1) is 0 Å². The summed E-state index contributed by atoms with van der Waals surface area (Å²) in [7, 11) is 2.46. The zero-order valence-corrected chi connectivity index (χ0v) is 23.0. The summed E-state index contributed by atoms with van der Waals surface area (Å²) in [5.74, 6) is 1.43. The van der Waals surface area contributed by atoms with E-state index in [9.17, 15) is 8.42 Å². The molecule has 9 nitrogen and oxygen atoms in total. The minimum absolute atomic E-state index is 0.263. The van der Waals surface area contributed by atoms with Crippen molar-refractivity contribution in [2.45, 2.75) is 12.3 Å². The molecule has 10 heteroatoms. The van der Waals surface area contributed by atoms with E-state index in [1.54, 1.807) is 26.6 Å². The number of hydrogen-bond donors (Lipinski definition) is 0. The van der Waals surface area contributed by atoms with Crippen LogP contribution in [0.3, 0.4) is 0 Å². The second-order valence-electron chi connectivity index (χ2n) is 9.24. The number of pyridine rings is 2. The van der Waals surface area contributed by atoms with Gasteiger partial charge in [0.1, 0.15) is 17.3 Å². The van der Waals surface area contributed by atoms with E-state index in [4.69, 9.17) is 9.47 Å². The van der Waals surface area contributed by atoms with E-state index in [1.807, 2.05) is 48.7 Å². The molecule has 0 bridgehead atoms. The van der Waals surface area contributed by atoms with E-state index in [2.05, 4.69) is 27.1 Å². The molecule has 0 radical (unpaired) electrons. The lowest BCUT2D eigenvalue weighted by Crippen LogP contribution is -2.30. The molecular weight excluding hydrogens is 514 g/mol. The first-order valence-electron chi connectivity index (χ1n) is 12.3. The molecular formula is C29H29N5O4S. The molecule has 1 atom stereocenters. The number of imidazole rings is 1. The maximum atomic E-state index is 13.0. The van der Waals surface area contributed by atoms with Gasteiger partial charge in [0.25, 0.3) is 0 Å². The third kappa shape index (κ3) is 5.34. The van der Waals surface area contributed by atoms with Gasteiger partial charge in [0.05, 0.1) is 19.7 Å². The minimum Gasteiger partial charge on any atom is -0.497 e. The summed E-state index contributed by atoms with van der Waals surface area (Å²) >= 11 is 0. The Bertz CT molecular complexity index is 1700. The van der Waals surface area contributed by atoms with Crippen molar-refractivity contribution in [1.82, 2.24) is 23.2 Å². The largest absolute Gasteiger partial charge is 0.497 e. The number of methoxy groups -OCH3 is 2. The second kappa shape index (κ2) is 10.8. The second-order valence-corrected chi connectivity index (χ2v) is 11.3. The third-order valence-electron chi connectivity index (χ3n) is 6.67. The highest BCUT2D eigenvalue weighted by Crippen LogP contribution is 2.35. The molecule has 0 saturated carbocycles. The average molecular weight is 544 g/mol. The molecule has 5 aromatic rings. The fraction of sp³-hybridized carbons (Fsp3) is 0.207. The van der Waals surface area contributed by atoms with Crippen LogP contribution in [0.2, 0.25) is 0 Å². The van der Waals surface area contributed by atoms with Gasteiger partial charge in [-0.2, -0.15) is 12.7 Å². The van der Waals surface area contributed by atoms with Gasteiger partial charge in [-0.05, 0) is 59.2 Å². The van der Waals surface area contributed by atoms with Crippen LogP contribution in [0.1, 0.15) is 22.9 Å². The maximum Gasteiger partial charge on any atom is 0.308 e. The molecule has 0 spiro atoms. The number of benzene rings is 2. The number of aromatic nitrogens is 4. The summed E-state index contributed by atoms with van der Waals surface area (Å²) in [5, 5.41) is 0.964. The molecule has 3 heterocycles. The topological polar surface area (TPSA) is 99.4 Å². The Morgan fingerprint density at radius 3 is 2.23 bits per heavy atom. The highest BCUT2D eigenvalue weighted by molar-refractivity contribution is 7.87. The van der Waals surface area contributed by atoms with Crippen LogP contribution in [-0.2, 0) is 16.6 Å². The van der Waals surface area contributed by atoms with Gasteiger partial charge in [-0.25, -0.2) is 8.96 Å². The molecule has 0 aliphatic carbocycles. The molecule has 39 heavy (non-hydrogen) atoms. The van der Waals surface area contributed by atoms with Crippen molar-refractivity contribution in [3.05, 3.63) is 103 Å². The van der Waals surface area contributed by atoms with E-state index in [1.165, 1.54) is 34.8 Å². The van der Waals surface area contributed by atoms with Gasteiger partial charge in [0, 0.05) is 74.4 Å². The Kier molecular flexibility index (Phi) is 7.32. The molecule has 0 saturated heterocycles. The molecule has 0 aliphatic rings. The fourth-order valence-corrected chi connectivity index (χ4v) is 5.51. The molecule has 0 amide bonds. The van der Waals surface area contributed by atoms with Gasteiger partial charge in [-0.3, -0.25) is 9.97 Å². The van der Waals surface area contributed by atoms with Gasteiger partial charge < -0.3 is 9.47 Å². The van der Waals surface area contributed by atoms with Crippen molar-refractivity contribution in [2.24, 2.45) is 0 Å². The lowest BCUT2D eigenvalue weighted by atomic mass is 9.87. The van der Waals surface area contributed by atoms with Crippen LogP contribution in [-0.4, -0.2) is 60.0 Å². The molecule has 3 aromatic heterocycles. The molecule has 0 fully saturated rings. The zero-order valence-electron chi connectivity index (χ0n) is 22.1. The molecule has 2 aromatic carbocycles. The predicted octanol–water partition coefficient (Wildman–Crippen LogP) is 4.54. The van der Waals surface area contributed by atoms with E-state index in [0.29, 0.717) is 23.7 Å². The summed E-state index contributed by atoms with van der Waals surface area (Å²) in [6, 6.07) is 17.8. The summed E-state index contributed by atoms with van der Waals surface area (Å²) in [5.41, 5.74) is 4.74. The van der Waals surface area contributed by atoms with Crippen molar-refractivity contribution < 1.29 is 17.9 Å². The van der Waals surface area contributed by atoms with Crippen LogP contribution in [0.15, 0.2) is 85.6 Å². The van der Waals surface area contributed by atoms with Crippen LogP contribution in [0.4, 0.5) is 0 Å². The van der Waals surface area contributed by atoms with E-state index in [0.717, 1.165) is 33.2 Å². The first kappa shape index (κ1) is 26.3. The first-order chi connectivity index (χ1) is 18.8. The Labute approximate surface area is 227 Å². The number of hydrogen-bond acceptors (Lipinski definition) is 7. The molecule has 0 N–H and O–H groups in total. The van der Waals surface area contributed by atoms with Crippen molar-refractivity contribution >= 4 is 21.1 Å². The van der Waals surface area contributed by atoms with Gasteiger partial charge in [0.2, 0.25) is 0 Å². The van der Waals surface area contributed by atoms with Crippen LogP contribution in [0.5, 0.6) is 11.5 Å².